The molecule has 0 aliphatic rings. The molecule has 104 valence electrons. The van der Waals surface area contributed by atoms with Crippen LogP contribution in [0.1, 0.15) is 5.56 Å². The van der Waals surface area contributed by atoms with Crippen molar-refractivity contribution in [2.24, 2.45) is 7.05 Å². The summed E-state index contributed by atoms with van der Waals surface area (Å²) in [5.74, 6) is 1.60. The molecule has 0 bridgehead atoms. The largest absolute Gasteiger partial charge is 0.497 e. The molecular weight excluding hydrogens is 330 g/mol. The van der Waals surface area contributed by atoms with E-state index in [1.807, 2.05) is 41.9 Å². The predicted octanol–water partition coefficient (Wildman–Crippen LogP) is 3.88. The van der Waals surface area contributed by atoms with E-state index < -0.39 is 0 Å². The molecule has 0 spiro atoms. The van der Waals surface area contributed by atoms with E-state index in [0.29, 0.717) is 5.56 Å². The molecule has 21 heavy (non-hydrogen) atoms. The molecule has 0 unspecified atom stereocenters. The number of aryl methyl sites for hydroxylation is 1. The van der Waals surface area contributed by atoms with Gasteiger partial charge in [0.2, 0.25) is 0 Å². The molecule has 1 aromatic heterocycles. The number of hydrogen-bond acceptors (Lipinski definition) is 3. The number of imidazole rings is 1. The van der Waals surface area contributed by atoms with Crippen LogP contribution >= 0.6 is 15.9 Å². The number of benzene rings is 2. The lowest BCUT2D eigenvalue weighted by molar-refractivity contribution is 0.415. The van der Waals surface area contributed by atoms with Crippen LogP contribution in [0.15, 0.2) is 40.9 Å². The zero-order valence-electron chi connectivity index (χ0n) is 11.6. The average molecular weight is 342 g/mol. The first kappa shape index (κ1) is 13.7. The van der Waals surface area contributed by atoms with Crippen molar-refractivity contribution >= 4 is 27.0 Å². The third-order valence-corrected chi connectivity index (χ3v) is 4.12. The molecule has 1 heterocycles. The highest BCUT2D eigenvalue weighted by molar-refractivity contribution is 9.10. The van der Waals surface area contributed by atoms with Gasteiger partial charge in [-0.25, -0.2) is 4.98 Å². The molecule has 3 rings (SSSR count). The third kappa shape index (κ3) is 2.28. The second-order valence-corrected chi connectivity index (χ2v) is 5.51. The second-order valence-electron chi connectivity index (χ2n) is 4.66. The molecule has 0 aliphatic heterocycles. The summed E-state index contributed by atoms with van der Waals surface area (Å²) in [5, 5.41) is 9.02. The van der Waals surface area contributed by atoms with Crippen molar-refractivity contribution < 1.29 is 4.74 Å². The molecule has 0 atom stereocenters. The van der Waals surface area contributed by atoms with Crippen molar-refractivity contribution in [2.75, 3.05) is 7.11 Å². The van der Waals surface area contributed by atoms with Crippen LogP contribution in [-0.2, 0) is 7.05 Å². The van der Waals surface area contributed by atoms with Gasteiger partial charge in [0.15, 0.2) is 0 Å². The normalized spacial score (nSPS) is 10.6. The molecule has 3 aromatic rings. The number of nitriles is 1. The van der Waals surface area contributed by atoms with Gasteiger partial charge in [0.05, 0.1) is 29.8 Å². The monoisotopic (exact) mass is 341 g/mol. The maximum absolute atomic E-state index is 9.02. The highest BCUT2D eigenvalue weighted by Gasteiger charge is 2.14. The number of hydrogen-bond donors (Lipinski definition) is 0. The van der Waals surface area contributed by atoms with Crippen molar-refractivity contribution in [1.29, 1.82) is 5.26 Å². The topological polar surface area (TPSA) is 50.8 Å². The van der Waals surface area contributed by atoms with E-state index in [1.54, 1.807) is 13.2 Å². The maximum Gasteiger partial charge on any atom is 0.142 e. The molecule has 0 saturated heterocycles. The van der Waals surface area contributed by atoms with Crippen LogP contribution in [0.25, 0.3) is 22.4 Å². The molecule has 2 aromatic carbocycles. The van der Waals surface area contributed by atoms with Gasteiger partial charge >= 0.3 is 0 Å². The number of nitrogens with zero attached hydrogens (tertiary/aromatic N) is 3. The summed E-state index contributed by atoms with van der Waals surface area (Å²) in [6.07, 6.45) is 0. The Morgan fingerprint density at radius 3 is 2.76 bits per heavy atom. The van der Waals surface area contributed by atoms with Crippen molar-refractivity contribution in [1.82, 2.24) is 9.55 Å². The minimum Gasteiger partial charge on any atom is -0.497 e. The van der Waals surface area contributed by atoms with Crippen LogP contribution in [0.5, 0.6) is 5.75 Å². The summed E-state index contributed by atoms with van der Waals surface area (Å²) in [6, 6.07) is 13.4. The highest BCUT2D eigenvalue weighted by atomic mass is 79.9. The minimum atomic E-state index is 0.627. The van der Waals surface area contributed by atoms with Gasteiger partial charge in [-0.05, 0) is 36.4 Å². The first-order valence-corrected chi connectivity index (χ1v) is 7.14. The summed E-state index contributed by atoms with van der Waals surface area (Å²) in [5.41, 5.74) is 3.37. The van der Waals surface area contributed by atoms with Crippen LogP contribution in [0.2, 0.25) is 0 Å². The van der Waals surface area contributed by atoms with E-state index >= 15 is 0 Å². The zero-order valence-corrected chi connectivity index (χ0v) is 13.2. The molecule has 0 amide bonds. The molecular formula is C16H12BrN3O. The van der Waals surface area contributed by atoms with E-state index in [-0.39, 0.29) is 0 Å². The highest BCUT2D eigenvalue weighted by Crippen LogP contribution is 2.32. The third-order valence-electron chi connectivity index (χ3n) is 3.42. The summed E-state index contributed by atoms with van der Waals surface area (Å²) < 4.78 is 8.21. The Hall–Kier alpha value is -2.32. The number of methoxy groups -OCH3 is 1. The minimum absolute atomic E-state index is 0.627. The summed E-state index contributed by atoms with van der Waals surface area (Å²) in [6.45, 7) is 0. The Balaban J connectivity index is 2.26. The van der Waals surface area contributed by atoms with Gasteiger partial charge in [-0.2, -0.15) is 5.26 Å². The average Bonchev–Trinajstić information content (AvgIpc) is 2.84. The second kappa shape index (κ2) is 5.23. The molecule has 0 fully saturated rings. The van der Waals surface area contributed by atoms with Crippen molar-refractivity contribution in [2.45, 2.75) is 0 Å². The van der Waals surface area contributed by atoms with Crippen LogP contribution in [0.3, 0.4) is 0 Å². The van der Waals surface area contributed by atoms with Crippen molar-refractivity contribution in [3.8, 4) is 23.2 Å². The van der Waals surface area contributed by atoms with E-state index in [2.05, 4.69) is 27.0 Å². The molecule has 0 radical (unpaired) electrons. The van der Waals surface area contributed by atoms with E-state index in [4.69, 9.17) is 10.00 Å². The molecule has 0 saturated carbocycles. The van der Waals surface area contributed by atoms with Gasteiger partial charge in [0, 0.05) is 17.1 Å². The van der Waals surface area contributed by atoms with Crippen LogP contribution in [0.4, 0.5) is 0 Å². The Labute approximate surface area is 130 Å². The number of halogens is 1. The summed E-state index contributed by atoms with van der Waals surface area (Å²) >= 11 is 3.55. The van der Waals surface area contributed by atoms with Crippen LogP contribution in [-0.4, -0.2) is 16.7 Å². The Kier molecular flexibility index (Phi) is 3.40. The van der Waals surface area contributed by atoms with Crippen molar-refractivity contribution in [3.05, 3.63) is 46.4 Å². The number of rotatable bonds is 2. The van der Waals surface area contributed by atoms with E-state index in [9.17, 15) is 0 Å². The van der Waals surface area contributed by atoms with Crippen molar-refractivity contribution in [3.63, 3.8) is 0 Å². The van der Waals surface area contributed by atoms with Crippen LogP contribution in [0, 0.1) is 11.3 Å². The smallest absolute Gasteiger partial charge is 0.142 e. The zero-order chi connectivity index (χ0) is 15.0. The lowest BCUT2D eigenvalue weighted by Gasteiger charge is -2.07. The first-order valence-electron chi connectivity index (χ1n) is 6.34. The van der Waals surface area contributed by atoms with E-state index in [1.165, 1.54) is 0 Å². The number of ether oxygens (including phenoxy) is 1. The fourth-order valence-electron chi connectivity index (χ4n) is 2.30. The quantitative estimate of drug-likeness (QED) is 0.710. The van der Waals surface area contributed by atoms with Crippen LogP contribution < -0.4 is 4.74 Å². The molecule has 4 nitrogen and oxygen atoms in total. The lowest BCUT2D eigenvalue weighted by Crippen LogP contribution is -1.94. The fourth-order valence-corrected chi connectivity index (χ4v) is 2.73. The van der Waals surface area contributed by atoms with Gasteiger partial charge in [-0.1, -0.05) is 15.9 Å². The van der Waals surface area contributed by atoms with E-state index in [0.717, 1.165) is 32.6 Å². The summed E-state index contributed by atoms with van der Waals surface area (Å²) in [7, 11) is 3.58. The number of aromatic nitrogens is 2. The fraction of sp³-hybridized carbons (Fsp3) is 0.125. The SMILES string of the molecule is COc1ccc(Br)c(-c2nc3ccc(C#N)cc3n2C)c1. The van der Waals surface area contributed by atoms with Gasteiger partial charge in [-0.3, -0.25) is 0 Å². The predicted molar refractivity (Wildman–Crippen MR) is 85.1 cm³/mol. The molecule has 5 heteroatoms. The standard InChI is InChI=1S/C16H12BrN3O/c1-20-15-7-10(9-18)3-6-14(15)19-16(20)12-8-11(21-2)4-5-13(12)17/h3-8H,1-2H3. The Morgan fingerprint density at radius 1 is 1.24 bits per heavy atom. The lowest BCUT2D eigenvalue weighted by atomic mass is 10.2. The van der Waals surface area contributed by atoms with Gasteiger partial charge in [0.1, 0.15) is 11.6 Å². The Morgan fingerprint density at radius 2 is 2.05 bits per heavy atom. The molecule has 0 N–H and O–H groups in total. The van der Waals surface area contributed by atoms with Gasteiger partial charge < -0.3 is 9.30 Å². The Bertz CT molecular complexity index is 877. The maximum atomic E-state index is 9.02. The number of fused-ring (bicyclic) bond motifs is 1. The van der Waals surface area contributed by atoms with Gasteiger partial charge in [-0.15, -0.1) is 0 Å². The molecule has 0 aliphatic carbocycles. The van der Waals surface area contributed by atoms with Gasteiger partial charge in [0.25, 0.3) is 0 Å². The summed E-state index contributed by atoms with van der Waals surface area (Å²) in [4.78, 5) is 4.66. The first-order chi connectivity index (χ1) is 10.1.